The Bertz CT molecular complexity index is 1150. The van der Waals surface area contributed by atoms with Gasteiger partial charge in [0, 0.05) is 13.1 Å². The minimum absolute atomic E-state index is 0. The minimum Gasteiger partial charge on any atom is -0.457 e. The first kappa shape index (κ1) is 24.7. The van der Waals surface area contributed by atoms with Crippen molar-refractivity contribution >= 4 is 45.0 Å². The van der Waals surface area contributed by atoms with Crippen LogP contribution in [0.5, 0.6) is 11.5 Å². The van der Waals surface area contributed by atoms with Crippen LogP contribution in [0.25, 0.3) is 10.2 Å². The maximum atomic E-state index is 13.8. The van der Waals surface area contributed by atoms with Gasteiger partial charge in [0.15, 0.2) is 5.13 Å². The molecule has 0 unspecified atom stereocenters. The van der Waals surface area contributed by atoms with E-state index in [1.54, 1.807) is 4.90 Å². The fourth-order valence-electron chi connectivity index (χ4n) is 3.53. The summed E-state index contributed by atoms with van der Waals surface area (Å²) < 4.78 is 7.14. The Morgan fingerprint density at radius 2 is 1.55 bits per heavy atom. The molecule has 0 aliphatic rings. The van der Waals surface area contributed by atoms with Crippen LogP contribution in [0, 0.1) is 0 Å². The largest absolute Gasteiger partial charge is 0.457 e. The van der Waals surface area contributed by atoms with Gasteiger partial charge in [0.1, 0.15) is 11.5 Å². The second-order valence-corrected chi connectivity index (χ2v) is 8.37. The van der Waals surface area contributed by atoms with E-state index in [0.29, 0.717) is 28.7 Å². The van der Waals surface area contributed by atoms with Crippen LogP contribution in [-0.4, -0.2) is 42.0 Å². The van der Waals surface area contributed by atoms with Crippen molar-refractivity contribution in [3.63, 3.8) is 0 Å². The first-order valence-corrected chi connectivity index (χ1v) is 11.7. The number of halogens is 1. The number of hydrogen-bond acceptors (Lipinski definition) is 5. The lowest BCUT2D eigenvalue weighted by Crippen LogP contribution is -2.39. The number of thiazole rings is 1. The Morgan fingerprint density at radius 1 is 0.879 bits per heavy atom. The molecule has 0 N–H and O–H groups in total. The Labute approximate surface area is 205 Å². The molecule has 4 aromatic rings. The monoisotopic (exact) mass is 481 g/mol. The van der Waals surface area contributed by atoms with Crippen molar-refractivity contribution in [1.29, 1.82) is 0 Å². The lowest BCUT2D eigenvalue weighted by molar-refractivity contribution is 0.0981. The molecule has 0 bridgehead atoms. The average molecular weight is 482 g/mol. The number of carbonyl (C=O) groups excluding carboxylic acids is 1. The van der Waals surface area contributed by atoms with Crippen LogP contribution in [0.2, 0.25) is 0 Å². The molecule has 0 fully saturated rings. The van der Waals surface area contributed by atoms with Crippen molar-refractivity contribution in [1.82, 2.24) is 9.88 Å². The normalized spacial score (nSPS) is 10.8. The standard InChI is InChI=1S/C26H27N3O2S.ClH/c1-3-28(4-2)18-19-29(26-27-22-15-9-11-17-24(22)32-26)25(30)21-14-8-10-16-23(21)31-20-12-6-5-7-13-20;/h5-17H,3-4,18-19H2,1-2H3;1H. The van der Waals surface area contributed by atoms with Gasteiger partial charge in [0.25, 0.3) is 5.91 Å². The summed E-state index contributed by atoms with van der Waals surface area (Å²) in [4.78, 5) is 22.7. The lowest BCUT2D eigenvalue weighted by Gasteiger charge is -2.25. The van der Waals surface area contributed by atoms with Crippen LogP contribution in [-0.2, 0) is 0 Å². The maximum absolute atomic E-state index is 13.8. The number of aromatic nitrogens is 1. The summed E-state index contributed by atoms with van der Waals surface area (Å²) in [6.07, 6.45) is 0. The number of fused-ring (bicyclic) bond motifs is 1. The number of amides is 1. The smallest absolute Gasteiger partial charge is 0.263 e. The molecule has 172 valence electrons. The predicted octanol–water partition coefficient (Wildman–Crippen LogP) is 6.50. The SMILES string of the molecule is CCN(CC)CCN(C(=O)c1ccccc1Oc1ccccc1)c1nc2ccccc2s1.Cl. The fraction of sp³-hybridized carbons (Fsp3) is 0.231. The van der Waals surface area contributed by atoms with E-state index in [9.17, 15) is 4.79 Å². The minimum atomic E-state index is -0.109. The summed E-state index contributed by atoms with van der Waals surface area (Å²) in [5.74, 6) is 1.13. The van der Waals surface area contributed by atoms with Gasteiger partial charge in [0.2, 0.25) is 0 Å². The van der Waals surface area contributed by atoms with E-state index < -0.39 is 0 Å². The summed E-state index contributed by atoms with van der Waals surface area (Å²) in [5.41, 5.74) is 1.43. The molecule has 0 saturated carbocycles. The number of likely N-dealkylation sites (N-methyl/N-ethyl adjacent to an activating group) is 1. The van der Waals surface area contributed by atoms with Crippen LogP contribution in [0.4, 0.5) is 5.13 Å². The van der Waals surface area contributed by atoms with E-state index in [2.05, 4.69) is 18.7 Å². The molecule has 0 saturated heterocycles. The highest BCUT2D eigenvalue weighted by Gasteiger charge is 2.24. The molecular weight excluding hydrogens is 454 g/mol. The number of rotatable bonds is 9. The van der Waals surface area contributed by atoms with Crippen molar-refractivity contribution in [3.05, 3.63) is 84.4 Å². The quantitative estimate of drug-likeness (QED) is 0.274. The number of ether oxygens (including phenoxy) is 1. The summed E-state index contributed by atoms with van der Waals surface area (Å²) in [6, 6.07) is 24.9. The van der Waals surface area contributed by atoms with Crippen LogP contribution >= 0.6 is 23.7 Å². The molecule has 33 heavy (non-hydrogen) atoms. The van der Waals surface area contributed by atoms with Crippen LogP contribution < -0.4 is 9.64 Å². The summed E-state index contributed by atoms with van der Waals surface area (Å²) in [7, 11) is 0. The van der Waals surface area contributed by atoms with Crippen molar-refractivity contribution in [3.8, 4) is 11.5 Å². The molecular formula is C26H28ClN3O2S. The molecule has 0 atom stereocenters. The van der Waals surface area contributed by atoms with Gasteiger partial charge in [-0.1, -0.05) is 67.6 Å². The highest BCUT2D eigenvalue weighted by atomic mass is 35.5. The third-order valence-electron chi connectivity index (χ3n) is 5.38. The molecule has 7 heteroatoms. The molecule has 0 aliphatic heterocycles. The third kappa shape index (κ3) is 5.90. The van der Waals surface area contributed by atoms with Gasteiger partial charge in [-0.05, 0) is 49.5 Å². The Kier molecular flexibility index (Phi) is 8.83. The van der Waals surface area contributed by atoms with Crippen molar-refractivity contribution < 1.29 is 9.53 Å². The molecule has 1 aromatic heterocycles. The lowest BCUT2D eigenvalue weighted by atomic mass is 10.1. The van der Waals surface area contributed by atoms with Crippen LogP contribution in [0.15, 0.2) is 78.9 Å². The fourth-order valence-corrected chi connectivity index (χ4v) is 4.52. The van der Waals surface area contributed by atoms with E-state index in [1.165, 1.54) is 11.3 Å². The van der Waals surface area contributed by atoms with Crippen molar-refractivity contribution in [2.75, 3.05) is 31.1 Å². The zero-order chi connectivity index (χ0) is 22.3. The third-order valence-corrected chi connectivity index (χ3v) is 6.44. The van der Waals surface area contributed by atoms with E-state index in [4.69, 9.17) is 9.72 Å². The predicted molar refractivity (Wildman–Crippen MR) is 139 cm³/mol. The molecule has 0 radical (unpaired) electrons. The molecule has 5 nitrogen and oxygen atoms in total. The van der Waals surface area contributed by atoms with Gasteiger partial charge >= 0.3 is 0 Å². The van der Waals surface area contributed by atoms with Crippen LogP contribution in [0.1, 0.15) is 24.2 Å². The molecule has 0 spiro atoms. The number of nitrogens with zero attached hydrogens (tertiary/aromatic N) is 3. The van der Waals surface area contributed by atoms with E-state index in [-0.39, 0.29) is 18.3 Å². The molecule has 1 heterocycles. The Balaban J connectivity index is 0.00000306. The molecule has 3 aromatic carbocycles. The maximum Gasteiger partial charge on any atom is 0.263 e. The molecule has 4 rings (SSSR count). The number of benzene rings is 3. The highest BCUT2D eigenvalue weighted by Crippen LogP contribution is 2.32. The van der Waals surface area contributed by atoms with Gasteiger partial charge in [-0.3, -0.25) is 9.69 Å². The number of carbonyl (C=O) groups is 1. The topological polar surface area (TPSA) is 45.7 Å². The first-order valence-electron chi connectivity index (χ1n) is 10.9. The second-order valence-electron chi connectivity index (χ2n) is 7.36. The second kappa shape index (κ2) is 11.8. The van der Waals surface area contributed by atoms with Gasteiger partial charge in [-0.2, -0.15) is 0 Å². The number of para-hydroxylation sites is 3. The van der Waals surface area contributed by atoms with Gasteiger partial charge in [0.05, 0.1) is 15.8 Å². The number of hydrogen-bond donors (Lipinski definition) is 0. The summed E-state index contributed by atoms with van der Waals surface area (Å²) in [5, 5.41) is 0.706. The Hall–Kier alpha value is -2.93. The summed E-state index contributed by atoms with van der Waals surface area (Å²) in [6.45, 7) is 7.47. The van der Waals surface area contributed by atoms with E-state index in [0.717, 1.165) is 29.9 Å². The van der Waals surface area contributed by atoms with Crippen molar-refractivity contribution in [2.24, 2.45) is 0 Å². The average Bonchev–Trinajstić information content (AvgIpc) is 3.26. The van der Waals surface area contributed by atoms with Gasteiger partial charge in [-0.25, -0.2) is 4.98 Å². The van der Waals surface area contributed by atoms with Gasteiger partial charge in [-0.15, -0.1) is 12.4 Å². The summed E-state index contributed by atoms with van der Waals surface area (Å²) >= 11 is 1.54. The van der Waals surface area contributed by atoms with E-state index in [1.807, 2.05) is 78.9 Å². The van der Waals surface area contributed by atoms with Gasteiger partial charge < -0.3 is 9.64 Å². The van der Waals surface area contributed by atoms with Crippen LogP contribution in [0.3, 0.4) is 0 Å². The Morgan fingerprint density at radius 3 is 2.27 bits per heavy atom. The van der Waals surface area contributed by atoms with Crippen molar-refractivity contribution in [2.45, 2.75) is 13.8 Å². The molecule has 0 aliphatic carbocycles. The highest BCUT2D eigenvalue weighted by molar-refractivity contribution is 7.22. The number of anilines is 1. The zero-order valence-electron chi connectivity index (χ0n) is 18.8. The zero-order valence-corrected chi connectivity index (χ0v) is 20.4. The molecule has 1 amide bonds. The van der Waals surface area contributed by atoms with E-state index >= 15 is 0 Å². The first-order chi connectivity index (χ1) is 15.7.